The van der Waals surface area contributed by atoms with E-state index in [4.69, 9.17) is 19.3 Å². The van der Waals surface area contributed by atoms with Crippen LogP contribution < -0.4 is 0 Å². The van der Waals surface area contributed by atoms with Crippen molar-refractivity contribution in [1.29, 1.82) is 0 Å². The van der Waals surface area contributed by atoms with Gasteiger partial charge >= 0.3 is 11.9 Å². The third kappa shape index (κ3) is 10.7. The summed E-state index contributed by atoms with van der Waals surface area (Å²) in [6.45, 7) is 6.29. The predicted molar refractivity (Wildman–Crippen MR) is 129 cm³/mol. The lowest BCUT2D eigenvalue weighted by Gasteiger charge is -2.38. The molecule has 2 saturated heterocycles. The number of aliphatic hydroxyl groups excluding tert-OH is 3. The average molecular weight is 503 g/mol. The summed E-state index contributed by atoms with van der Waals surface area (Å²) < 4.78 is 16.8. The molecule has 0 aromatic heterocycles. The van der Waals surface area contributed by atoms with Crippen molar-refractivity contribution in [2.45, 2.75) is 122 Å². The Hall–Kier alpha value is -1.26. The van der Waals surface area contributed by atoms with Crippen molar-refractivity contribution in [1.82, 2.24) is 0 Å². The highest BCUT2D eigenvalue weighted by molar-refractivity contribution is 5.69. The zero-order valence-electron chi connectivity index (χ0n) is 21.5. The number of aliphatic carboxylic acids is 1. The quantitative estimate of drug-likeness (QED) is 0.134. The van der Waals surface area contributed by atoms with Crippen molar-refractivity contribution < 1.29 is 44.2 Å². The van der Waals surface area contributed by atoms with Crippen LogP contribution in [0.3, 0.4) is 0 Å². The molecule has 0 amide bonds. The van der Waals surface area contributed by atoms with Gasteiger partial charge in [0, 0.05) is 24.7 Å². The van der Waals surface area contributed by atoms with Gasteiger partial charge in [-0.2, -0.15) is 0 Å². The lowest BCUT2D eigenvalue weighted by Crippen LogP contribution is -2.51. The summed E-state index contributed by atoms with van der Waals surface area (Å²) in [6, 6.07) is 0. The molecule has 2 aliphatic rings. The molecule has 9 nitrogen and oxygen atoms in total. The number of epoxide rings is 1. The van der Waals surface area contributed by atoms with Crippen molar-refractivity contribution in [3.63, 3.8) is 0 Å². The second kappa shape index (κ2) is 15.1. The van der Waals surface area contributed by atoms with Crippen LogP contribution in [-0.4, -0.2) is 82.2 Å². The first kappa shape index (κ1) is 30.0. The van der Waals surface area contributed by atoms with Crippen LogP contribution in [0.2, 0.25) is 0 Å². The van der Waals surface area contributed by atoms with Gasteiger partial charge in [0.25, 0.3) is 0 Å². The first-order chi connectivity index (χ1) is 16.6. The van der Waals surface area contributed by atoms with E-state index in [0.717, 1.165) is 32.1 Å². The van der Waals surface area contributed by atoms with Gasteiger partial charge in [-0.05, 0) is 38.5 Å². The molecule has 0 aromatic rings. The molecule has 2 rings (SSSR count). The SMILES string of the molecule is CC(CC(=O)OCCCCCCCCC(=O)O)C[C@@H]1OC[C@H](C[C@@H]2O[C@H]2[C@@H](C)[C@H](C)O)[C@@H](O)[C@H]1O. The molecule has 1 unspecified atom stereocenters. The lowest BCUT2D eigenvalue weighted by atomic mass is 9.84. The van der Waals surface area contributed by atoms with Gasteiger partial charge in [0.1, 0.15) is 6.10 Å². The Bertz CT molecular complexity index is 640. The van der Waals surface area contributed by atoms with E-state index in [2.05, 4.69) is 0 Å². The molecule has 0 radical (unpaired) electrons. The van der Waals surface area contributed by atoms with Crippen LogP contribution in [-0.2, 0) is 23.8 Å². The van der Waals surface area contributed by atoms with Crippen LogP contribution in [0.15, 0.2) is 0 Å². The number of carbonyl (C=O) groups is 2. The van der Waals surface area contributed by atoms with Gasteiger partial charge < -0.3 is 34.6 Å². The molecule has 0 aromatic carbocycles. The van der Waals surface area contributed by atoms with Crippen LogP contribution in [0.25, 0.3) is 0 Å². The fraction of sp³-hybridized carbons (Fsp3) is 0.923. The molecule has 0 spiro atoms. The minimum atomic E-state index is -1.02. The Morgan fingerprint density at radius 3 is 2.29 bits per heavy atom. The van der Waals surface area contributed by atoms with Gasteiger partial charge in [0.2, 0.25) is 0 Å². The number of ether oxygens (including phenoxy) is 3. The highest BCUT2D eigenvalue weighted by Crippen LogP contribution is 2.38. The van der Waals surface area contributed by atoms with Crippen LogP contribution in [0.4, 0.5) is 0 Å². The highest BCUT2D eigenvalue weighted by Gasteiger charge is 2.48. The molecule has 9 atom stereocenters. The summed E-state index contributed by atoms with van der Waals surface area (Å²) in [7, 11) is 0. The first-order valence-electron chi connectivity index (χ1n) is 13.3. The predicted octanol–water partition coefficient (Wildman–Crippen LogP) is 2.67. The van der Waals surface area contributed by atoms with Crippen LogP contribution in [0.1, 0.15) is 85.0 Å². The van der Waals surface area contributed by atoms with Crippen molar-refractivity contribution in [3.8, 4) is 0 Å². The first-order valence-corrected chi connectivity index (χ1v) is 13.3. The third-order valence-corrected chi connectivity index (χ3v) is 7.37. The Balaban J connectivity index is 1.56. The standard InChI is InChI=1S/C26H46O9/c1-16(13-23(30)33-11-9-7-5-4-6-8-10-22(28)29)12-20-25(32)24(31)19(15-34-20)14-21-26(35-21)17(2)18(3)27/h16-21,24-27,31-32H,4-15H2,1-3H3,(H,28,29)/t16?,17-,18-,19-,20-,21-,24+,25-,26-/m0/s1. The number of carboxylic acids is 1. The maximum atomic E-state index is 12.1. The summed E-state index contributed by atoms with van der Waals surface area (Å²) in [5, 5.41) is 39.5. The summed E-state index contributed by atoms with van der Waals surface area (Å²) in [4.78, 5) is 22.6. The fourth-order valence-electron chi connectivity index (χ4n) is 4.83. The van der Waals surface area contributed by atoms with Crippen molar-refractivity contribution in [3.05, 3.63) is 0 Å². The summed E-state index contributed by atoms with van der Waals surface area (Å²) in [5.41, 5.74) is 0. The Kier molecular flexibility index (Phi) is 12.9. The number of aliphatic hydroxyl groups is 3. The van der Waals surface area contributed by atoms with E-state index < -0.39 is 30.4 Å². The lowest BCUT2D eigenvalue weighted by molar-refractivity contribution is -0.171. The molecule has 2 fully saturated rings. The molecule has 0 bridgehead atoms. The van der Waals surface area contributed by atoms with Crippen LogP contribution in [0, 0.1) is 17.8 Å². The van der Waals surface area contributed by atoms with E-state index in [1.807, 2.05) is 13.8 Å². The van der Waals surface area contributed by atoms with Gasteiger partial charge in [-0.15, -0.1) is 0 Å². The molecule has 2 aliphatic heterocycles. The molecular weight excluding hydrogens is 456 g/mol. The van der Waals surface area contributed by atoms with E-state index in [-0.39, 0.29) is 48.8 Å². The summed E-state index contributed by atoms with van der Waals surface area (Å²) >= 11 is 0. The molecule has 9 heteroatoms. The van der Waals surface area contributed by atoms with E-state index in [0.29, 0.717) is 32.5 Å². The van der Waals surface area contributed by atoms with Crippen molar-refractivity contribution >= 4 is 11.9 Å². The van der Waals surface area contributed by atoms with Gasteiger partial charge in [-0.1, -0.05) is 39.5 Å². The van der Waals surface area contributed by atoms with Gasteiger partial charge in [-0.3, -0.25) is 9.59 Å². The van der Waals surface area contributed by atoms with E-state index in [1.54, 1.807) is 6.92 Å². The molecule has 4 N–H and O–H groups in total. The molecular formula is C26H46O9. The number of rotatable bonds is 17. The maximum Gasteiger partial charge on any atom is 0.306 e. The Labute approximate surface area is 209 Å². The molecule has 0 saturated carbocycles. The zero-order chi connectivity index (χ0) is 26.0. The molecule has 2 heterocycles. The minimum absolute atomic E-state index is 0.0214. The normalized spacial score (nSPS) is 30.9. The van der Waals surface area contributed by atoms with Crippen LogP contribution >= 0.6 is 0 Å². The molecule has 0 aliphatic carbocycles. The largest absolute Gasteiger partial charge is 0.481 e. The Morgan fingerprint density at radius 2 is 1.63 bits per heavy atom. The monoisotopic (exact) mass is 502 g/mol. The topological polar surface area (TPSA) is 146 Å². The van der Waals surface area contributed by atoms with E-state index >= 15 is 0 Å². The smallest absolute Gasteiger partial charge is 0.306 e. The average Bonchev–Trinajstić information content (AvgIpc) is 3.55. The summed E-state index contributed by atoms with van der Waals surface area (Å²) in [5.74, 6) is -1.28. The van der Waals surface area contributed by atoms with E-state index in [1.165, 1.54) is 0 Å². The zero-order valence-corrected chi connectivity index (χ0v) is 21.5. The van der Waals surface area contributed by atoms with Gasteiger partial charge in [0.05, 0.1) is 43.7 Å². The van der Waals surface area contributed by atoms with Gasteiger partial charge in [0.15, 0.2) is 0 Å². The number of hydrogen-bond acceptors (Lipinski definition) is 8. The van der Waals surface area contributed by atoms with Crippen LogP contribution in [0.5, 0.6) is 0 Å². The Morgan fingerprint density at radius 1 is 0.971 bits per heavy atom. The summed E-state index contributed by atoms with van der Waals surface area (Å²) in [6.07, 6.45) is 3.86. The highest BCUT2D eigenvalue weighted by atomic mass is 16.6. The maximum absolute atomic E-state index is 12.1. The fourth-order valence-corrected chi connectivity index (χ4v) is 4.83. The second-order valence-electron chi connectivity index (χ2n) is 10.6. The third-order valence-electron chi connectivity index (χ3n) is 7.37. The number of carbonyl (C=O) groups excluding carboxylic acids is 1. The molecule has 204 valence electrons. The molecule has 35 heavy (non-hydrogen) atoms. The van der Waals surface area contributed by atoms with Gasteiger partial charge in [-0.25, -0.2) is 0 Å². The minimum Gasteiger partial charge on any atom is -0.481 e. The number of hydrogen-bond donors (Lipinski definition) is 4. The van der Waals surface area contributed by atoms with Crippen molar-refractivity contribution in [2.75, 3.05) is 13.2 Å². The number of carboxylic acid groups (broad SMARTS) is 1. The number of esters is 1. The van der Waals surface area contributed by atoms with Crippen molar-refractivity contribution in [2.24, 2.45) is 17.8 Å². The second-order valence-corrected chi connectivity index (χ2v) is 10.6. The number of unbranched alkanes of at least 4 members (excludes halogenated alkanes) is 5. The van der Waals surface area contributed by atoms with E-state index in [9.17, 15) is 24.9 Å².